The Bertz CT molecular complexity index is 188. The zero-order valence-corrected chi connectivity index (χ0v) is 5.00. The average molecular weight is 148 g/mol. The molecule has 0 aliphatic carbocycles. The maximum atomic E-state index is 11.8. The highest BCUT2D eigenvalue weighted by atomic mass is 19.3. The highest BCUT2D eigenvalue weighted by Gasteiger charge is 2.19. The van der Waals surface area contributed by atoms with Gasteiger partial charge in [0.15, 0.2) is 6.39 Å². The molecule has 0 fully saturated rings. The van der Waals surface area contributed by atoms with Crippen molar-refractivity contribution in [3.63, 3.8) is 0 Å². The van der Waals surface area contributed by atoms with E-state index in [4.69, 9.17) is 5.73 Å². The molecule has 56 valence electrons. The number of hydrogen-bond donors (Lipinski definition) is 1. The lowest BCUT2D eigenvalue weighted by atomic mass is 10.3. The molecule has 0 saturated carbocycles. The summed E-state index contributed by atoms with van der Waals surface area (Å²) in [6, 6.07) is -1.36. The van der Waals surface area contributed by atoms with Crippen molar-refractivity contribution in [3.05, 3.63) is 18.4 Å². The van der Waals surface area contributed by atoms with Crippen LogP contribution in [0.15, 0.2) is 17.0 Å². The van der Waals surface area contributed by atoms with Crippen LogP contribution in [-0.2, 0) is 0 Å². The molecule has 0 bridgehead atoms. The molecule has 1 atom stereocenters. The summed E-state index contributed by atoms with van der Waals surface area (Å²) in [5.41, 5.74) is 5.00. The van der Waals surface area contributed by atoms with Crippen molar-refractivity contribution in [2.75, 3.05) is 0 Å². The minimum Gasteiger partial charge on any atom is -0.447 e. The Kier molecular flexibility index (Phi) is 1.96. The largest absolute Gasteiger partial charge is 0.447 e. The topological polar surface area (TPSA) is 52.0 Å². The summed E-state index contributed by atoms with van der Waals surface area (Å²) in [6.45, 7) is 0. The van der Waals surface area contributed by atoms with Crippen molar-refractivity contribution in [2.24, 2.45) is 5.73 Å². The highest BCUT2D eigenvalue weighted by Crippen LogP contribution is 2.16. The normalized spacial score (nSPS) is 14.0. The lowest BCUT2D eigenvalue weighted by Gasteiger charge is -2.04. The smallest absolute Gasteiger partial charge is 0.260 e. The summed E-state index contributed by atoms with van der Waals surface area (Å²) in [6.07, 6.45) is -0.359. The third-order valence-electron chi connectivity index (χ3n) is 1.05. The molecule has 10 heavy (non-hydrogen) atoms. The Morgan fingerprint density at radius 3 is 2.70 bits per heavy atom. The Balaban J connectivity index is 2.68. The van der Waals surface area contributed by atoms with Gasteiger partial charge in [0.05, 0.1) is 6.20 Å². The number of oxazole rings is 1. The van der Waals surface area contributed by atoms with Crippen LogP contribution in [0.25, 0.3) is 0 Å². The molecule has 1 aromatic rings. The Labute approximate surface area is 55.8 Å². The second-order valence-corrected chi connectivity index (χ2v) is 1.76. The van der Waals surface area contributed by atoms with Crippen molar-refractivity contribution in [3.8, 4) is 0 Å². The van der Waals surface area contributed by atoms with E-state index in [2.05, 4.69) is 9.40 Å². The van der Waals surface area contributed by atoms with Crippen LogP contribution in [0.4, 0.5) is 8.78 Å². The quantitative estimate of drug-likeness (QED) is 0.679. The molecule has 2 N–H and O–H groups in total. The van der Waals surface area contributed by atoms with Gasteiger partial charge in [0, 0.05) is 0 Å². The molecule has 1 heterocycles. The molecule has 0 spiro atoms. The number of nitrogens with two attached hydrogens (primary N) is 1. The van der Waals surface area contributed by atoms with E-state index in [1.54, 1.807) is 0 Å². The second-order valence-electron chi connectivity index (χ2n) is 1.76. The van der Waals surface area contributed by atoms with E-state index < -0.39 is 12.5 Å². The third-order valence-corrected chi connectivity index (χ3v) is 1.05. The second kappa shape index (κ2) is 2.74. The van der Waals surface area contributed by atoms with Crippen LogP contribution in [0.1, 0.15) is 11.8 Å². The van der Waals surface area contributed by atoms with E-state index in [9.17, 15) is 8.78 Å². The summed E-state index contributed by atoms with van der Waals surface area (Å²) in [4.78, 5) is 3.45. The number of halogens is 2. The summed E-state index contributed by atoms with van der Waals surface area (Å²) in [5, 5.41) is 0. The number of rotatable bonds is 2. The summed E-state index contributed by atoms with van der Waals surface area (Å²) >= 11 is 0. The van der Waals surface area contributed by atoms with E-state index in [-0.39, 0.29) is 5.76 Å². The number of aromatic nitrogens is 1. The van der Waals surface area contributed by atoms with E-state index in [1.165, 1.54) is 6.20 Å². The van der Waals surface area contributed by atoms with Crippen molar-refractivity contribution in [1.29, 1.82) is 0 Å². The number of nitrogens with zero attached hydrogens (tertiary/aromatic N) is 1. The van der Waals surface area contributed by atoms with Crippen LogP contribution < -0.4 is 5.73 Å². The third kappa shape index (κ3) is 1.30. The van der Waals surface area contributed by atoms with Gasteiger partial charge in [0.2, 0.25) is 0 Å². The molecular formula is C5H6F2N2O. The maximum Gasteiger partial charge on any atom is 0.260 e. The van der Waals surface area contributed by atoms with Crippen LogP contribution in [0.2, 0.25) is 0 Å². The van der Waals surface area contributed by atoms with Gasteiger partial charge in [-0.3, -0.25) is 0 Å². The van der Waals surface area contributed by atoms with Crippen molar-refractivity contribution in [2.45, 2.75) is 12.5 Å². The minimum atomic E-state index is -2.60. The predicted molar refractivity (Wildman–Crippen MR) is 29.4 cm³/mol. The molecule has 0 amide bonds. The fourth-order valence-electron chi connectivity index (χ4n) is 0.514. The molecule has 1 unspecified atom stereocenters. The van der Waals surface area contributed by atoms with Gasteiger partial charge in [-0.25, -0.2) is 13.8 Å². The van der Waals surface area contributed by atoms with E-state index in [1.807, 2.05) is 0 Å². The Morgan fingerprint density at radius 1 is 1.60 bits per heavy atom. The van der Waals surface area contributed by atoms with Crippen LogP contribution in [0.5, 0.6) is 0 Å². The zero-order valence-electron chi connectivity index (χ0n) is 5.00. The standard InChI is InChI=1S/C5H6F2N2O/c6-5(7)4(8)3-1-9-2-10-3/h1-2,4-5H,8H2. The molecule has 1 aromatic heterocycles. The first-order valence-electron chi connectivity index (χ1n) is 2.64. The van der Waals surface area contributed by atoms with Gasteiger partial charge in [-0.15, -0.1) is 0 Å². The van der Waals surface area contributed by atoms with Crippen molar-refractivity contribution >= 4 is 0 Å². The molecule has 1 rings (SSSR count). The summed E-state index contributed by atoms with van der Waals surface area (Å²) < 4.78 is 28.1. The van der Waals surface area contributed by atoms with Crippen molar-refractivity contribution < 1.29 is 13.2 Å². The first kappa shape index (κ1) is 7.14. The maximum absolute atomic E-state index is 11.8. The lowest BCUT2D eigenvalue weighted by Crippen LogP contribution is -2.17. The van der Waals surface area contributed by atoms with E-state index >= 15 is 0 Å². The van der Waals surface area contributed by atoms with Gasteiger partial charge >= 0.3 is 0 Å². The Hall–Kier alpha value is -0.970. The monoisotopic (exact) mass is 148 g/mol. The number of hydrogen-bond acceptors (Lipinski definition) is 3. The van der Waals surface area contributed by atoms with Gasteiger partial charge in [0.1, 0.15) is 11.8 Å². The highest BCUT2D eigenvalue weighted by molar-refractivity contribution is 4.96. The van der Waals surface area contributed by atoms with Gasteiger partial charge in [-0.2, -0.15) is 0 Å². The van der Waals surface area contributed by atoms with E-state index in [0.29, 0.717) is 0 Å². The van der Waals surface area contributed by atoms with Gasteiger partial charge in [0.25, 0.3) is 6.43 Å². The van der Waals surface area contributed by atoms with Crippen molar-refractivity contribution in [1.82, 2.24) is 4.98 Å². The molecular weight excluding hydrogens is 142 g/mol. The van der Waals surface area contributed by atoms with Crippen LogP contribution >= 0.6 is 0 Å². The Morgan fingerprint density at radius 2 is 2.30 bits per heavy atom. The van der Waals surface area contributed by atoms with Gasteiger partial charge in [-0.1, -0.05) is 0 Å². The van der Waals surface area contributed by atoms with Gasteiger partial charge in [-0.05, 0) is 0 Å². The van der Waals surface area contributed by atoms with E-state index in [0.717, 1.165) is 6.39 Å². The molecule has 5 heteroatoms. The predicted octanol–water partition coefficient (Wildman–Crippen LogP) is 0.940. The molecule has 0 aliphatic rings. The minimum absolute atomic E-state index is 0.00926. The molecule has 3 nitrogen and oxygen atoms in total. The average Bonchev–Trinajstić information content (AvgIpc) is 2.36. The first-order chi connectivity index (χ1) is 4.72. The molecule has 0 aliphatic heterocycles. The molecule has 0 saturated heterocycles. The zero-order chi connectivity index (χ0) is 7.56. The lowest BCUT2D eigenvalue weighted by molar-refractivity contribution is 0.106. The van der Waals surface area contributed by atoms with Crippen LogP contribution in [0, 0.1) is 0 Å². The molecule has 0 aromatic carbocycles. The first-order valence-corrected chi connectivity index (χ1v) is 2.64. The fourth-order valence-corrected chi connectivity index (χ4v) is 0.514. The van der Waals surface area contributed by atoms with Gasteiger partial charge < -0.3 is 10.2 Å². The summed E-state index contributed by atoms with van der Waals surface area (Å²) in [5.74, 6) is 0.00926. The summed E-state index contributed by atoms with van der Waals surface area (Å²) in [7, 11) is 0. The molecule has 0 radical (unpaired) electrons. The fraction of sp³-hybridized carbons (Fsp3) is 0.400. The van der Waals surface area contributed by atoms with Crippen LogP contribution in [-0.4, -0.2) is 11.4 Å². The van der Waals surface area contributed by atoms with Crippen LogP contribution in [0.3, 0.4) is 0 Å². The number of alkyl halides is 2. The SMILES string of the molecule is NC(c1cnco1)C(F)F.